The van der Waals surface area contributed by atoms with Gasteiger partial charge in [0.1, 0.15) is 18.8 Å². The molecule has 9 heteroatoms. The van der Waals surface area contributed by atoms with Crippen LogP contribution in [-0.2, 0) is 16.2 Å². The Kier molecular flexibility index (Phi) is 8.37. The number of carbonyl (C=O) groups excluding carboxylic acids is 2. The summed E-state index contributed by atoms with van der Waals surface area (Å²) >= 11 is 6.15. The SMILES string of the molecule is COc1cc(C=NNC(=O)CC(=O)Nc2ccccc2F)ccc1OCc1ccccc1Cl. The molecule has 3 aromatic rings. The number of nitrogens with one attached hydrogen (secondary N) is 2. The zero-order valence-corrected chi connectivity index (χ0v) is 18.4. The smallest absolute Gasteiger partial charge is 0.249 e. The van der Waals surface area contributed by atoms with Crippen LogP contribution < -0.4 is 20.2 Å². The van der Waals surface area contributed by atoms with Gasteiger partial charge in [-0.1, -0.05) is 41.9 Å². The minimum atomic E-state index is -0.658. The van der Waals surface area contributed by atoms with Gasteiger partial charge in [0.25, 0.3) is 0 Å². The van der Waals surface area contributed by atoms with E-state index in [0.717, 1.165) is 5.56 Å². The van der Waals surface area contributed by atoms with Crippen LogP contribution in [0.5, 0.6) is 11.5 Å². The second-order valence-corrected chi connectivity index (χ2v) is 7.20. The molecule has 0 bridgehead atoms. The van der Waals surface area contributed by atoms with Crippen LogP contribution in [0, 0.1) is 5.82 Å². The molecule has 0 heterocycles. The van der Waals surface area contributed by atoms with Gasteiger partial charge < -0.3 is 14.8 Å². The van der Waals surface area contributed by atoms with E-state index in [1.165, 1.54) is 31.5 Å². The van der Waals surface area contributed by atoms with Crippen LogP contribution in [-0.4, -0.2) is 25.1 Å². The van der Waals surface area contributed by atoms with Crippen LogP contribution in [0.3, 0.4) is 0 Å². The molecule has 0 unspecified atom stereocenters. The zero-order valence-electron chi connectivity index (χ0n) is 17.7. The fraction of sp³-hybridized carbons (Fsp3) is 0.125. The Morgan fingerprint density at radius 2 is 1.79 bits per heavy atom. The number of methoxy groups -OCH3 is 1. The molecule has 0 aliphatic rings. The molecule has 3 aromatic carbocycles. The third kappa shape index (κ3) is 7.05. The van der Waals surface area contributed by atoms with Crippen LogP contribution in [0.2, 0.25) is 5.02 Å². The number of nitrogens with zero attached hydrogens (tertiary/aromatic N) is 1. The molecule has 0 fully saturated rings. The normalized spacial score (nSPS) is 10.6. The van der Waals surface area contributed by atoms with Gasteiger partial charge in [0, 0.05) is 10.6 Å². The number of benzene rings is 3. The van der Waals surface area contributed by atoms with Gasteiger partial charge in [0.05, 0.1) is 19.0 Å². The van der Waals surface area contributed by atoms with Crippen molar-refractivity contribution in [2.75, 3.05) is 12.4 Å². The van der Waals surface area contributed by atoms with E-state index in [-0.39, 0.29) is 12.3 Å². The Morgan fingerprint density at radius 1 is 1.03 bits per heavy atom. The Labute approximate surface area is 195 Å². The highest BCUT2D eigenvalue weighted by Crippen LogP contribution is 2.29. The van der Waals surface area contributed by atoms with Gasteiger partial charge in [-0.15, -0.1) is 0 Å². The fourth-order valence-electron chi connectivity index (χ4n) is 2.78. The number of hydrazone groups is 1. The number of rotatable bonds is 9. The van der Waals surface area contributed by atoms with Gasteiger partial charge in [-0.3, -0.25) is 9.59 Å². The summed E-state index contributed by atoms with van der Waals surface area (Å²) in [6, 6.07) is 18.2. The van der Waals surface area contributed by atoms with Crippen molar-refractivity contribution in [2.45, 2.75) is 13.0 Å². The summed E-state index contributed by atoms with van der Waals surface area (Å²) in [7, 11) is 1.51. The number of ether oxygens (including phenoxy) is 2. The first-order chi connectivity index (χ1) is 16.0. The van der Waals surface area contributed by atoms with Crippen LogP contribution >= 0.6 is 11.6 Å². The molecule has 0 aliphatic carbocycles. The lowest BCUT2D eigenvalue weighted by Gasteiger charge is -2.12. The first-order valence-electron chi connectivity index (χ1n) is 9.87. The molecule has 0 aromatic heterocycles. The number of carbonyl (C=O) groups is 2. The second kappa shape index (κ2) is 11.6. The number of halogens is 2. The first-order valence-corrected chi connectivity index (χ1v) is 10.2. The molecule has 0 aliphatic heterocycles. The summed E-state index contributed by atoms with van der Waals surface area (Å²) in [6.07, 6.45) is 0.886. The van der Waals surface area contributed by atoms with Gasteiger partial charge in [-0.2, -0.15) is 5.10 Å². The lowest BCUT2D eigenvalue weighted by atomic mass is 10.2. The van der Waals surface area contributed by atoms with E-state index in [0.29, 0.717) is 22.1 Å². The lowest BCUT2D eigenvalue weighted by molar-refractivity contribution is -0.126. The third-order valence-corrected chi connectivity index (χ3v) is 4.77. The molecule has 170 valence electrons. The average molecular weight is 470 g/mol. The topological polar surface area (TPSA) is 89.0 Å². The number of hydrogen-bond acceptors (Lipinski definition) is 5. The van der Waals surface area contributed by atoms with E-state index >= 15 is 0 Å². The summed E-state index contributed by atoms with van der Waals surface area (Å²) < 4.78 is 24.7. The Bertz CT molecular complexity index is 1170. The van der Waals surface area contributed by atoms with Crippen molar-refractivity contribution in [1.29, 1.82) is 0 Å². The highest BCUT2D eigenvalue weighted by molar-refractivity contribution is 6.31. The molecule has 2 N–H and O–H groups in total. The molecule has 0 saturated carbocycles. The van der Waals surface area contributed by atoms with Crippen molar-refractivity contribution in [1.82, 2.24) is 5.43 Å². The van der Waals surface area contributed by atoms with E-state index in [2.05, 4.69) is 15.8 Å². The van der Waals surface area contributed by atoms with Crippen LogP contribution in [0.1, 0.15) is 17.5 Å². The standard InChI is InChI=1S/C24H21ClFN3O4/c1-32-22-12-16(10-11-21(22)33-15-17-6-2-3-7-18(17)25)14-27-29-24(31)13-23(30)28-20-9-5-4-8-19(20)26/h2-12,14H,13,15H2,1H3,(H,28,30)(H,29,31). The summed E-state index contributed by atoms with van der Waals surface area (Å²) in [5.41, 5.74) is 3.73. The average Bonchev–Trinajstić information content (AvgIpc) is 2.80. The fourth-order valence-corrected chi connectivity index (χ4v) is 2.97. The molecular weight excluding hydrogens is 449 g/mol. The summed E-state index contributed by atoms with van der Waals surface area (Å²) in [5, 5.41) is 6.78. The van der Waals surface area contributed by atoms with Gasteiger partial charge in [-0.05, 0) is 42.0 Å². The quantitative estimate of drug-likeness (QED) is 0.273. The predicted molar refractivity (Wildman–Crippen MR) is 124 cm³/mol. The highest BCUT2D eigenvalue weighted by Gasteiger charge is 2.11. The zero-order chi connectivity index (χ0) is 23.6. The van der Waals surface area contributed by atoms with Gasteiger partial charge >= 0.3 is 0 Å². The maximum atomic E-state index is 13.6. The Hall–Kier alpha value is -3.91. The van der Waals surface area contributed by atoms with Gasteiger partial charge in [0.15, 0.2) is 11.5 Å². The molecule has 0 radical (unpaired) electrons. The molecule has 0 atom stereocenters. The van der Waals surface area contributed by atoms with Gasteiger partial charge in [-0.25, -0.2) is 9.82 Å². The third-order valence-electron chi connectivity index (χ3n) is 4.40. The van der Waals surface area contributed by atoms with Crippen molar-refractivity contribution >= 4 is 35.3 Å². The van der Waals surface area contributed by atoms with E-state index in [4.69, 9.17) is 21.1 Å². The number of anilines is 1. The van der Waals surface area contributed by atoms with E-state index < -0.39 is 24.1 Å². The van der Waals surface area contributed by atoms with Crippen LogP contribution in [0.15, 0.2) is 71.8 Å². The lowest BCUT2D eigenvalue weighted by Crippen LogP contribution is -2.24. The molecular formula is C24H21ClFN3O4. The van der Waals surface area contributed by atoms with Crippen LogP contribution in [0.4, 0.5) is 10.1 Å². The number of hydrogen-bond donors (Lipinski definition) is 2. The predicted octanol–water partition coefficient (Wildman–Crippen LogP) is 4.55. The molecule has 0 spiro atoms. The number of para-hydroxylation sites is 1. The molecule has 0 saturated heterocycles. The van der Waals surface area contributed by atoms with Crippen molar-refractivity contribution in [3.05, 3.63) is 88.7 Å². The Morgan fingerprint density at radius 3 is 2.55 bits per heavy atom. The van der Waals surface area contributed by atoms with E-state index in [1.807, 2.05) is 18.2 Å². The number of amides is 2. The van der Waals surface area contributed by atoms with Crippen molar-refractivity contribution < 1.29 is 23.5 Å². The van der Waals surface area contributed by atoms with Crippen molar-refractivity contribution in [3.8, 4) is 11.5 Å². The molecule has 3 rings (SSSR count). The molecule has 2 amide bonds. The van der Waals surface area contributed by atoms with Crippen molar-refractivity contribution in [2.24, 2.45) is 5.10 Å². The summed E-state index contributed by atoms with van der Waals surface area (Å²) in [6.45, 7) is 0.272. The maximum Gasteiger partial charge on any atom is 0.249 e. The monoisotopic (exact) mass is 469 g/mol. The minimum Gasteiger partial charge on any atom is -0.493 e. The van der Waals surface area contributed by atoms with Crippen LogP contribution in [0.25, 0.3) is 0 Å². The Balaban J connectivity index is 1.53. The molecule has 33 heavy (non-hydrogen) atoms. The molecule has 7 nitrogen and oxygen atoms in total. The maximum absolute atomic E-state index is 13.6. The van der Waals surface area contributed by atoms with Gasteiger partial charge in [0.2, 0.25) is 11.8 Å². The summed E-state index contributed by atoms with van der Waals surface area (Å²) in [4.78, 5) is 23.8. The highest BCUT2D eigenvalue weighted by atomic mass is 35.5. The second-order valence-electron chi connectivity index (χ2n) is 6.79. The van der Waals surface area contributed by atoms with E-state index in [1.54, 1.807) is 30.3 Å². The van der Waals surface area contributed by atoms with Crippen molar-refractivity contribution in [3.63, 3.8) is 0 Å². The first kappa shape index (κ1) is 23.7. The largest absolute Gasteiger partial charge is 0.493 e. The van der Waals surface area contributed by atoms with E-state index in [9.17, 15) is 14.0 Å². The minimum absolute atomic E-state index is 0.00254. The summed E-state index contributed by atoms with van der Waals surface area (Å²) in [5.74, 6) is -0.899.